The van der Waals surface area contributed by atoms with Gasteiger partial charge in [-0.05, 0) is 50.4 Å². The molecule has 0 aromatic carbocycles. The Morgan fingerprint density at radius 2 is 1.54 bits per heavy atom. The zero-order chi connectivity index (χ0) is 17.8. The molecule has 0 radical (unpaired) electrons. The number of ether oxygens (including phenoxy) is 2. The summed E-state index contributed by atoms with van der Waals surface area (Å²) in [6, 6.07) is 1.00. The van der Waals surface area contributed by atoms with E-state index in [1.54, 1.807) is 0 Å². The molecule has 2 unspecified atom stereocenters. The maximum Gasteiger partial charge on any atom is 0.249 e. The van der Waals surface area contributed by atoms with Crippen molar-refractivity contribution < 1.29 is 14.3 Å². The molecule has 4 aliphatic rings. The molecular formula is C22H37NO3. The summed E-state index contributed by atoms with van der Waals surface area (Å²) in [5, 5.41) is 0. The highest BCUT2D eigenvalue weighted by Gasteiger charge is 2.43. The maximum absolute atomic E-state index is 13.2. The van der Waals surface area contributed by atoms with Gasteiger partial charge in [-0.25, -0.2) is 0 Å². The first kappa shape index (κ1) is 18.7. The van der Waals surface area contributed by atoms with Crippen molar-refractivity contribution in [3.8, 4) is 0 Å². The van der Waals surface area contributed by atoms with Crippen LogP contribution in [-0.4, -0.2) is 48.8 Å². The van der Waals surface area contributed by atoms with Crippen molar-refractivity contribution in [2.75, 3.05) is 19.8 Å². The number of rotatable bonds is 6. The molecule has 148 valence electrons. The minimum Gasteiger partial charge on any atom is -0.381 e. The Balaban J connectivity index is 1.39. The predicted molar refractivity (Wildman–Crippen MR) is 102 cm³/mol. The third-order valence-electron chi connectivity index (χ3n) is 7.23. The lowest BCUT2D eigenvalue weighted by Gasteiger charge is -2.45. The molecule has 3 saturated carbocycles. The van der Waals surface area contributed by atoms with E-state index >= 15 is 0 Å². The van der Waals surface area contributed by atoms with Gasteiger partial charge in [-0.15, -0.1) is 0 Å². The van der Waals surface area contributed by atoms with Gasteiger partial charge in [0, 0.05) is 25.3 Å². The van der Waals surface area contributed by atoms with Crippen LogP contribution in [0, 0.1) is 11.8 Å². The predicted octanol–water partition coefficient (Wildman–Crippen LogP) is 4.31. The van der Waals surface area contributed by atoms with Crippen LogP contribution in [-0.2, 0) is 14.3 Å². The molecule has 1 heterocycles. The van der Waals surface area contributed by atoms with Gasteiger partial charge in [0.15, 0.2) is 0 Å². The van der Waals surface area contributed by atoms with Crippen LogP contribution < -0.4 is 0 Å². The second kappa shape index (κ2) is 9.05. The SMILES string of the molecule is O=C(COC1CCOCC1)N(C1CC1)C1CCCCC1C1CCCCC1. The molecule has 4 nitrogen and oxygen atoms in total. The summed E-state index contributed by atoms with van der Waals surface area (Å²) in [4.78, 5) is 15.5. The second-order valence-electron chi connectivity index (χ2n) is 9.07. The van der Waals surface area contributed by atoms with E-state index in [4.69, 9.17) is 9.47 Å². The Labute approximate surface area is 159 Å². The van der Waals surface area contributed by atoms with Crippen molar-refractivity contribution >= 4 is 5.91 Å². The number of nitrogens with zero attached hydrogens (tertiary/aromatic N) is 1. The van der Waals surface area contributed by atoms with Crippen molar-refractivity contribution in [2.24, 2.45) is 11.8 Å². The molecule has 2 atom stereocenters. The summed E-state index contributed by atoms with van der Waals surface area (Å²) in [5.41, 5.74) is 0. The highest BCUT2D eigenvalue weighted by atomic mass is 16.5. The van der Waals surface area contributed by atoms with E-state index in [1.807, 2.05) is 0 Å². The molecule has 1 saturated heterocycles. The second-order valence-corrected chi connectivity index (χ2v) is 9.07. The van der Waals surface area contributed by atoms with Gasteiger partial charge in [-0.3, -0.25) is 4.79 Å². The van der Waals surface area contributed by atoms with Gasteiger partial charge in [-0.2, -0.15) is 0 Å². The Morgan fingerprint density at radius 1 is 0.846 bits per heavy atom. The Bertz CT molecular complexity index is 452. The van der Waals surface area contributed by atoms with E-state index in [2.05, 4.69) is 4.90 Å². The molecule has 3 aliphatic carbocycles. The highest BCUT2D eigenvalue weighted by Crippen LogP contribution is 2.43. The molecule has 0 bridgehead atoms. The molecule has 0 spiro atoms. The van der Waals surface area contributed by atoms with Gasteiger partial charge in [0.05, 0.1) is 6.10 Å². The molecule has 0 aromatic heterocycles. The smallest absolute Gasteiger partial charge is 0.249 e. The molecule has 4 heteroatoms. The lowest BCUT2D eigenvalue weighted by Crippen LogP contribution is -2.51. The van der Waals surface area contributed by atoms with Crippen LogP contribution in [0.4, 0.5) is 0 Å². The fraction of sp³-hybridized carbons (Fsp3) is 0.955. The van der Waals surface area contributed by atoms with Gasteiger partial charge in [0.1, 0.15) is 6.61 Å². The molecule has 1 amide bonds. The quantitative estimate of drug-likeness (QED) is 0.706. The van der Waals surface area contributed by atoms with E-state index in [9.17, 15) is 4.79 Å². The van der Waals surface area contributed by atoms with Gasteiger partial charge in [0.25, 0.3) is 0 Å². The molecule has 1 aliphatic heterocycles. The zero-order valence-corrected chi connectivity index (χ0v) is 16.4. The van der Waals surface area contributed by atoms with Gasteiger partial charge >= 0.3 is 0 Å². The van der Waals surface area contributed by atoms with Crippen LogP contribution in [0.5, 0.6) is 0 Å². The summed E-state index contributed by atoms with van der Waals surface area (Å²) in [6.07, 6.45) is 16.7. The Kier molecular flexibility index (Phi) is 6.53. The first-order valence-corrected chi connectivity index (χ1v) is 11.3. The van der Waals surface area contributed by atoms with E-state index in [0.717, 1.165) is 37.9 Å². The lowest BCUT2D eigenvalue weighted by molar-refractivity contribution is -0.146. The van der Waals surface area contributed by atoms with E-state index < -0.39 is 0 Å². The van der Waals surface area contributed by atoms with Gasteiger partial charge in [0.2, 0.25) is 5.91 Å². The Morgan fingerprint density at radius 3 is 2.27 bits per heavy atom. The summed E-state index contributed by atoms with van der Waals surface area (Å²) in [7, 11) is 0. The van der Waals surface area contributed by atoms with Crippen molar-refractivity contribution in [3.05, 3.63) is 0 Å². The molecular weight excluding hydrogens is 326 g/mol. The third kappa shape index (κ3) is 4.62. The van der Waals surface area contributed by atoms with Crippen molar-refractivity contribution in [3.63, 3.8) is 0 Å². The molecule has 0 N–H and O–H groups in total. The number of carbonyl (C=O) groups is 1. The summed E-state index contributed by atoms with van der Waals surface area (Å²) in [5.74, 6) is 1.88. The average Bonchev–Trinajstić information content (AvgIpc) is 3.53. The molecule has 26 heavy (non-hydrogen) atoms. The minimum atomic E-state index is 0.217. The highest BCUT2D eigenvalue weighted by molar-refractivity contribution is 5.78. The topological polar surface area (TPSA) is 38.8 Å². The van der Waals surface area contributed by atoms with Crippen LogP contribution in [0.3, 0.4) is 0 Å². The van der Waals surface area contributed by atoms with Gasteiger partial charge in [-0.1, -0.05) is 44.9 Å². The average molecular weight is 364 g/mol. The maximum atomic E-state index is 13.2. The zero-order valence-electron chi connectivity index (χ0n) is 16.4. The fourth-order valence-corrected chi connectivity index (χ4v) is 5.72. The van der Waals surface area contributed by atoms with Crippen molar-refractivity contribution in [1.82, 2.24) is 4.90 Å². The monoisotopic (exact) mass is 363 g/mol. The van der Waals surface area contributed by atoms with Crippen molar-refractivity contribution in [2.45, 2.75) is 102 Å². The molecule has 4 fully saturated rings. The summed E-state index contributed by atoms with van der Waals surface area (Å²) in [6.45, 7) is 1.84. The first-order chi connectivity index (χ1) is 12.8. The fourth-order valence-electron chi connectivity index (χ4n) is 5.72. The molecule has 0 aromatic rings. The van der Waals surface area contributed by atoms with Crippen LogP contribution in [0.25, 0.3) is 0 Å². The number of carbonyl (C=O) groups excluding carboxylic acids is 1. The summed E-state index contributed by atoms with van der Waals surface area (Å²) < 4.78 is 11.4. The molecule has 4 rings (SSSR count). The standard InChI is InChI=1S/C22H37NO3/c24-22(16-26-19-12-14-25-15-13-19)23(18-10-11-18)21-9-5-4-8-20(21)17-6-2-1-3-7-17/h17-21H,1-16H2. The lowest BCUT2D eigenvalue weighted by atomic mass is 9.70. The first-order valence-electron chi connectivity index (χ1n) is 11.3. The van der Waals surface area contributed by atoms with E-state index in [-0.39, 0.29) is 18.6 Å². The van der Waals surface area contributed by atoms with Gasteiger partial charge < -0.3 is 14.4 Å². The number of hydrogen-bond donors (Lipinski definition) is 0. The van der Waals surface area contributed by atoms with Crippen LogP contribution >= 0.6 is 0 Å². The number of hydrogen-bond acceptors (Lipinski definition) is 3. The van der Waals surface area contributed by atoms with Crippen LogP contribution in [0.1, 0.15) is 83.5 Å². The number of amides is 1. The summed E-state index contributed by atoms with van der Waals surface area (Å²) >= 11 is 0. The van der Waals surface area contributed by atoms with Crippen molar-refractivity contribution in [1.29, 1.82) is 0 Å². The largest absolute Gasteiger partial charge is 0.381 e. The third-order valence-corrected chi connectivity index (χ3v) is 7.23. The van der Waals surface area contributed by atoms with Crippen LogP contribution in [0.2, 0.25) is 0 Å². The Hall–Kier alpha value is -0.610. The van der Waals surface area contributed by atoms with Crippen LogP contribution in [0.15, 0.2) is 0 Å². The minimum absolute atomic E-state index is 0.217. The normalized spacial score (nSPS) is 31.7. The van der Waals surface area contributed by atoms with E-state index in [0.29, 0.717) is 12.1 Å². The van der Waals surface area contributed by atoms with E-state index in [1.165, 1.54) is 70.6 Å².